The van der Waals surface area contributed by atoms with Gasteiger partial charge in [-0.25, -0.2) is 0 Å². The monoisotopic (exact) mass is 226 g/mol. The summed E-state index contributed by atoms with van der Waals surface area (Å²) >= 11 is 0. The van der Waals surface area contributed by atoms with Gasteiger partial charge >= 0.3 is 0 Å². The first kappa shape index (κ1) is 11.7. The fourth-order valence-electron chi connectivity index (χ4n) is 2.07. The third kappa shape index (κ3) is 3.10. The van der Waals surface area contributed by atoms with Crippen LogP contribution in [-0.2, 0) is 6.42 Å². The maximum atomic E-state index is 5.15. The van der Waals surface area contributed by atoms with E-state index in [4.69, 9.17) is 4.74 Å². The predicted molar refractivity (Wildman–Crippen MR) is 72.2 cm³/mol. The summed E-state index contributed by atoms with van der Waals surface area (Å²) in [7, 11) is 1.69. The molecule has 0 radical (unpaired) electrons. The molecular formula is C16H18O. The molecule has 0 N–H and O–H groups in total. The Morgan fingerprint density at radius 1 is 1.35 bits per heavy atom. The van der Waals surface area contributed by atoms with Crippen molar-refractivity contribution in [2.75, 3.05) is 7.11 Å². The van der Waals surface area contributed by atoms with Crippen molar-refractivity contribution in [1.82, 2.24) is 0 Å². The lowest BCUT2D eigenvalue weighted by Crippen LogP contribution is -2.01. The zero-order valence-electron chi connectivity index (χ0n) is 10.2. The van der Waals surface area contributed by atoms with E-state index in [2.05, 4.69) is 36.9 Å². The highest BCUT2D eigenvalue weighted by Crippen LogP contribution is 2.23. The van der Waals surface area contributed by atoms with Gasteiger partial charge in [0, 0.05) is 0 Å². The molecule has 2 rings (SSSR count). The van der Waals surface area contributed by atoms with Crippen LogP contribution in [0.4, 0.5) is 0 Å². The number of methoxy groups -OCH3 is 1. The van der Waals surface area contributed by atoms with Crippen LogP contribution in [0.1, 0.15) is 12.0 Å². The highest BCUT2D eigenvalue weighted by molar-refractivity contribution is 5.32. The predicted octanol–water partition coefficient (Wildman–Crippen LogP) is 3.93. The molecule has 1 heteroatoms. The highest BCUT2D eigenvalue weighted by Gasteiger charge is 2.08. The molecule has 1 nitrogen and oxygen atoms in total. The Hall–Kier alpha value is -1.76. The van der Waals surface area contributed by atoms with E-state index >= 15 is 0 Å². The Bertz CT molecular complexity index is 437. The van der Waals surface area contributed by atoms with Crippen molar-refractivity contribution in [3.05, 3.63) is 66.3 Å². The van der Waals surface area contributed by atoms with E-state index in [9.17, 15) is 0 Å². The van der Waals surface area contributed by atoms with Crippen LogP contribution in [0.5, 0.6) is 5.75 Å². The van der Waals surface area contributed by atoms with Gasteiger partial charge in [-0.2, -0.15) is 0 Å². The first-order chi connectivity index (χ1) is 8.31. The summed E-state index contributed by atoms with van der Waals surface area (Å²) in [6.45, 7) is 3.85. The summed E-state index contributed by atoms with van der Waals surface area (Å²) in [6.07, 6.45) is 10.7. The molecule has 0 fully saturated rings. The molecule has 17 heavy (non-hydrogen) atoms. The van der Waals surface area contributed by atoms with E-state index in [1.54, 1.807) is 7.11 Å². The van der Waals surface area contributed by atoms with Gasteiger partial charge in [-0.15, -0.1) is 6.58 Å². The van der Waals surface area contributed by atoms with Crippen LogP contribution >= 0.6 is 0 Å². The second kappa shape index (κ2) is 5.53. The Labute approximate surface area is 103 Å². The van der Waals surface area contributed by atoms with E-state index in [-0.39, 0.29) is 0 Å². The van der Waals surface area contributed by atoms with E-state index in [1.807, 2.05) is 18.2 Å². The Morgan fingerprint density at radius 3 is 2.76 bits per heavy atom. The standard InChI is InChI=1S/C16H18O/c1-3-13-5-4-6-15(11-13)12-14-7-9-16(17-2)10-8-14/h3-10,13H,1,11-12H2,2H3/t13-/m1/s1. The highest BCUT2D eigenvalue weighted by atomic mass is 16.5. The fraction of sp³-hybridized carbons (Fsp3) is 0.250. The molecule has 0 spiro atoms. The second-order valence-corrected chi connectivity index (χ2v) is 4.34. The van der Waals surface area contributed by atoms with E-state index in [0.717, 1.165) is 18.6 Å². The average molecular weight is 226 g/mol. The van der Waals surface area contributed by atoms with Crippen molar-refractivity contribution in [2.24, 2.45) is 5.92 Å². The van der Waals surface area contributed by atoms with Crippen molar-refractivity contribution >= 4 is 0 Å². The van der Waals surface area contributed by atoms with Crippen molar-refractivity contribution in [3.63, 3.8) is 0 Å². The normalized spacial score (nSPS) is 18.6. The molecule has 0 saturated heterocycles. The van der Waals surface area contributed by atoms with Gasteiger partial charge in [-0.05, 0) is 36.5 Å². The number of hydrogen-bond donors (Lipinski definition) is 0. The molecule has 0 saturated carbocycles. The van der Waals surface area contributed by atoms with Crippen LogP contribution in [0.15, 0.2) is 60.7 Å². The van der Waals surface area contributed by atoms with Crippen LogP contribution in [0.3, 0.4) is 0 Å². The summed E-state index contributed by atoms with van der Waals surface area (Å²) in [5.41, 5.74) is 2.79. The molecule has 0 aliphatic heterocycles. The second-order valence-electron chi connectivity index (χ2n) is 4.34. The van der Waals surface area contributed by atoms with Gasteiger partial charge in [0.25, 0.3) is 0 Å². The Kier molecular flexibility index (Phi) is 3.81. The lowest BCUT2D eigenvalue weighted by molar-refractivity contribution is 0.414. The van der Waals surface area contributed by atoms with Gasteiger partial charge in [-0.1, -0.05) is 42.0 Å². The van der Waals surface area contributed by atoms with E-state index < -0.39 is 0 Å². The molecule has 0 bridgehead atoms. The number of rotatable bonds is 4. The zero-order valence-corrected chi connectivity index (χ0v) is 10.2. The molecule has 0 aromatic heterocycles. The zero-order chi connectivity index (χ0) is 12.1. The summed E-state index contributed by atoms with van der Waals surface area (Å²) < 4.78 is 5.15. The maximum Gasteiger partial charge on any atom is 0.118 e. The summed E-state index contributed by atoms with van der Waals surface area (Å²) in [5.74, 6) is 1.41. The largest absolute Gasteiger partial charge is 0.497 e. The number of allylic oxidation sites excluding steroid dienone is 5. The molecule has 1 aromatic rings. The third-order valence-electron chi connectivity index (χ3n) is 3.08. The van der Waals surface area contributed by atoms with Crippen molar-refractivity contribution < 1.29 is 4.74 Å². The minimum Gasteiger partial charge on any atom is -0.497 e. The SMILES string of the molecule is C=C[C@@H]1C=CC=C(Cc2ccc(OC)cc2)C1. The minimum absolute atomic E-state index is 0.494. The van der Waals surface area contributed by atoms with Gasteiger partial charge in [-0.3, -0.25) is 0 Å². The van der Waals surface area contributed by atoms with Crippen LogP contribution in [-0.4, -0.2) is 7.11 Å². The number of benzene rings is 1. The van der Waals surface area contributed by atoms with Crippen LogP contribution in [0, 0.1) is 5.92 Å². The lowest BCUT2D eigenvalue weighted by atomic mass is 9.90. The molecule has 88 valence electrons. The minimum atomic E-state index is 0.494. The van der Waals surface area contributed by atoms with Crippen molar-refractivity contribution in [2.45, 2.75) is 12.8 Å². The fourth-order valence-corrected chi connectivity index (χ4v) is 2.07. The molecular weight excluding hydrogens is 208 g/mol. The summed E-state index contributed by atoms with van der Waals surface area (Å²) in [4.78, 5) is 0. The van der Waals surface area contributed by atoms with Gasteiger partial charge in [0.2, 0.25) is 0 Å². The first-order valence-electron chi connectivity index (χ1n) is 5.93. The van der Waals surface area contributed by atoms with E-state index in [1.165, 1.54) is 11.1 Å². The average Bonchev–Trinajstić information content (AvgIpc) is 2.40. The van der Waals surface area contributed by atoms with E-state index in [0.29, 0.717) is 5.92 Å². The van der Waals surface area contributed by atoms with Gasteiger partial charge in [0.15, 0.2) is 0 Å². The Balaban J connectivity index is 2.03. The van der Waals surface area contributed by atoms with Crippen LogP contribution in [0.2, 0.25) is 0 Å². The lowest BCUT2D eigenvalue weighted by Gasteiger charge is -2.15. The smallest absolute Gasteiger partial charge is 0.118 e. The van der Waals surface area contributed by atoms with Crippen molar-refractivity contribution in [1.29, 1.82) is 0 Å². The molecule has 1 aliphatic rings. The van der Waals surface area contributed by atoms with Crippen molar-refractivity contribution in [3.8, 4) is 5.75 Å². The summed E-state index contributed by atoms with van der Waals surface area (Å²) in [6, 6.07) is 8.28. The van der Waals surface area contributed by atoms with Crippen LogP contribution in [0.25, 0.3) is 0 Å². The topological polar surface area (TPSA) is 9.23 Å². The quantitative estimate of drug-likeness (QED) is 0.707. The van der Waals surface area contributed by atoms with Gasteiger partial charge in [0.1, 0.15) is 5.75 Å². The Morgan fingerprint density at radius 2 is 2.12 bits per heavy atom. The molecule has 1 atom stereocenters. The maximum absolute atomic E-state index is 5.15. The number of hydrogen-bond acceptors (Lipinski definition) is 1. The third-order valence-corrected chi connectivity index (χ3v) is 3.08. The molecule has 0 amide bonds. The molecule has 1 aliphatic carbocycles. The summed E-state index contributed by atoms with van der Waals surface area (Å²) in [5, 5.41) is 0. The number of ether oxygens (including phenoxy) is 1. The molecule has 0 heterocycles. The molecule has 0 unspecified atom stereocenters. The van der Waals surface area contributed by atoms with Gasteiger partial charge < -0.3 is 4.74 Å². The van der Waals surface area contributed by atoms with Crippen LogP contribution < -0.4 is 4.74 Å². The first-order valence-corrected chi connectivity index (χ1v) is 5.93. The molecule has 1 aromatic carbocycles. The van der Waals surface area contributed by atoms with Gasteiger partial charge in [0.05, 0.1) is 7.11 Å².